The maximum Gasteiger partial charge on any atom is 0.247 e. The minimum absolute atomic E-state index is 0.0727. The molecule has 0 saturated carbocycles. The predicted molar refractivity (Wildman–Crippen MR) is 110 cm³/mol. The summed E-state index contributed by atoms with van der Waals surface area (Å²) >= 11 is 0. The monoisotopic (exact) mass is 382 g/mol. The molecule has 2 aromatic heterocycles. The molecule has 0 radical (unpaired) electrons. The lowest BCUT2D eigenvalue weighted by molar-refractivity contribution is -0.111. The first-order valence-corrected chi connectivity index (χ1v) is 8.80. The number of anilines is 1. The van der Waals surface area contributed by atoms with Crippen LogP contribution in [-0.2, 0) is 4.79 Å². The van der Waals surface area contributed by atoms with Gasteiger partial charge < -0.3 is 10.3 Å². The summed E-state index contributed by atoms with van der Waals surface area (Å²) in [7, 11) is 0. The Hall–Kier alpha value is -4.24. The van der Waals surface area contributed by atoms with Gasteiger partial charge >= 0.3 is 0 Å². The van der Waals surface area contributed by atoms with Crippen molar-refractivity contribution >= 4 is 22.6 Å². The second-order valence-corrected chi connectivity index (χ2v) is 6.40. The Bertz CT molecular complexity index is 1300. The topological polar surface area (TPSA) is 81.6 Å². The van der Waals surface area contributed by atoms with Crippen LogP contribution < -0.4 is 5.32 Å². The maximum atomic E-state index is 14.0. The van der Waals surface area contributed by atoms with Crippen LogP contribution in [0.5, 0.6) is 0 Å². The fourth-order valence-electron chi connectivity index (χ4n) is 3.14. The SMILES string of the molecule is C=CC(=O)Nc1cc(-c2cnc3[nH]cc(-c4cccc(C#N)c4)c3c2)ccc1F. The molecule has 0 fully saturated rings. The lowest BCUT2D eigenvalue weighted by Gasteiger charge is -2.08. The third-order valence-electron chi connectivity index (χ3n) is 4.58. The number of hydrogen-bond acceptors (Lipinski definition) is 3. The average Bonchev–Trinajstić information content (AvgIpc) is 3.18. The van der Waals surface area contributed by atoms with E-state index in [1.807, 2.05) is 30.5 Å². The summed E-state index contributed by atoms with van der Waals surface area (Å²) in [6.07, 6.45) is 4.61. The van der Waals surface area contributed by atoms with Gasteiger partial charge in [0.25, 0.3) is 0 Å². The molecule has 0 aliphatic carbocycles. The van der Waals surface area contributed by atoms with Gasteiger partial charge in [0, 0.05) is 28.9 Å². The molecule has 2 aromatic carbocycles. The van der Waals surface area contributed by atoms with Gasteiger partial charge in [0.2, 0.25) is 5.91 Å². The van der Waals surface area contributed by atoms with Gasteiger partial charge in [-0.05, 0) is 47.5 Å². The number of carbonyl (C=O) groups excluding carboxylic acids is 1. The summed E-state index contributed by atoms with van der Waals surface area (Å²) in [6, 6.07) is 15.9. The number of H-pyrrole nitrogens is 1. The molecule has 1 amide bonds. The summed E-state index contributed by atoms with van der Waals surface area (Å²) < 4.78 is 14.0. The largest absolute Gasteiger partial charge is 0.346 e. The number of halogens is 1. The van der Waals surface area contributed by atoms with E-state index in [1.54, 1.807) is 24.4 Å². The van der Waals surface area contributed by atoms with Gasteiger partial charge in [0.15, 0.2) is 0 Å². The van der Waals surface area contributed by atoms with Crippen molar-refractivity contribution in [2.24, 2.45) is 0 Å². The Morgan fingerprint density at radius 1 is 1.17 bits per heavy atom. The second kappa shape index (κ2) is 7.41. The van der Waals surface area contributed by atoms with Crippen molar-refractivity contribution in [3.05, 3.63) is 85.0 Å². The molecule has 0 aliphatic rings. The van der Waals surface area contributed by atoms with Crippen LogP contribution in [0.4, 0.5) is 10.1 Å². The van der Waals surface area contributed by atoms with Crippen LogP contribution in [0.1, 0.15) is 5.56 Å². The minimum atomic E-state index is -0.534. The highest BCUT2D eigenvalue weighted by Crippen LogP contribution is 2.32. The molecule has 140 valence electrons. The van der Waals surface area contributed by atoms with Crippen molar-refractivity contribution in [3.8, 4) is 28.3 Å². The molecule has 4 rings (SSSR count). The van der Waals surface area contributed by atoms with Gasteiger partial charge in [-0.2, -0.15) is 5.26 Å². The average molecular weight is 382 g/mol. The van der Waals surface area contributed by atoms with E-state index in [0.29, 0.717) is 16.8 Å². The number of pyridine rings is 1. The van der Waals surface area contributed by atoms with E-state index >= 15 is 0 Å². The Morgan fingerprint density at radius 2 is 2.03 bits per heavy atom. The normalized spacial score (nSPS) is 10.5. The highest BCUT2D eigenvalue weighted by Gasteiger charge is 2.12. The van der Waals surface area contributed by atoms with E-state index in [4.69, 9.17) is 5.26 Å². The maximum absolute atomic E-state index is 14.0. The number of nitrogens with one attached hydrogen (secondary N) is 2. The first-order chi connectivity index (χ1) is 14.1. The van der Waals surface area contributed by atoms with Crippen molar-refractivity contribution in [1.82, 2.24) is 9.97 Å². The predicted octanol–water partition coefficient (Wildman–Crippen LogP) is 5.03. The van der Waals surface area contributed by atoms with Crippen LogP contribution in [0, 0.1) is 17.1 Å². The van der Waals surface area contributed by atoms with Crippen LogP contribution in [0.3, 0.4) is 0 Å². The molecule has 4 aromatic rings. The first-order valence-electron chi connectivity index (χ1n) is 8.80. The second-order valence-electron chi connectivity index (χ2n) is 6.40. The highest BCUT2D eigenvalue weighted by molar-refractivity contribution is 6.00. The number of fused-ring (bicyclic) bond motifs is 1. The zero-order valence-electron chi connectivity index (χ0n) is 15.2. The molecule has 0 aliphatic heterocycles. The van der Waals surface area contributed by atoms with Crippen LogP contribution in [0.25, 0.3) is 33.3 Å². The number of hydrogen-bond donors (Lipinski definition) is 2. The molecular weight excluding hydrogens is 367 g/mol. The Morgan fingerprint density at radius 3 is 2.83 bits per heavy atom. The van der Waals surface area contributed by atoms with Crippen molar-refractivity contribution in [2.45, 2.75) is 0 Å². The van der Waals surface area contributed by atoms with E-state index in [2.05, 4.69) is 27.9 Å². The smallest absolute Gasteiger partial charge is 0.247 e. The fraction of sp³-hybridized carbons (Fsp3) is 0. The molecule has 0 saturated heterocycles. The quantitative estimate of drug-likeness (QED) is 0.486. The van der Waals surface area contributed by atoms with Crippen molar-refractivity contribution in [2.75, 3.05) is 5.32 Å². The van der Waals surface area contributed by atoms with Gasteiger partial charge in [-0.3, -0.25) is 4.79 Å². The number of aromatic amines is 1. The Balaban J connectivity index is 1.80. The number of amides is 1. The van der Waals surface area contributed by atoms with Gasteiger partial charge in [-0.25, -0.2) is 9.37 Å². The zero-order chi connectivity index (χ0) is 20.4. The number of nitrogens with zero attached hydrogens (tertiary/aromatic N) is 2. The number of nitriles is 1. The number of carbonyl (C=O) groups is 1. The van der Waals surface area contributed by atoms with E-state index in [0.717, 1.165) is 28.2 Å². The molecule has 29 heavy (non-hydrogen) atoms. The summed E-state index contributed by atoms with van der Waals surface area (Å²) in [5.74, 6) is -1.02. The van der Waals surface area contributed by atoms with Crippen LogP contribution >= 0.6 is 0 Å². The van der Waals surface area contributed by atoms with Crippen molar-refractivity contribution in [3.63, 3.8) is 0 Å². The molecule has 0 unspecified atom stereocenters. The van der Waals surface area contributed by atoms with E-state index < -0.39 is 11.7 Å². The van der Waals surface area contributed by atoms with Gasteiger partial charge in [-0.1, -0.05) is 24.8 Å². The standard InChI is InChI=1S/C23H15FN4O/c1-2-22(29)28-21-10-15(6-7-20(21)24)17-9-18-19(13-27-23(18)26-12-17)16-5-3-4-14(8-16)11-25/h2-10,12-13H,1H2,(H,26,27)(H,28,29). The molecule has 0 atom stereocenters. The highest BCUT2D eigenvalue weighted by atomic mass is 19.1. The summed E-state index contributed by atoms with van der Waals surface area (Å²) in [5, 5.41) is 12.5. The minimum Gasteiger partial charge on any atom is -0.346 e. The Labute approximate surface area is 166 Å². The number of benzene rings is 2. The molecule has 2 N–H and O–H groups in total. The summed E-state index contributed by atoms with van der Waals surface area (Å²) in [6.45, 7) is 3.38. The third-order valence-corrected chi connectivity index (χ3v) is 4.58. The number of rotatable bonds is 4. The molecule has 5 nitrogen and oxygen atoms in total. The summed E-state index contributed by atoms with van der Waals surface area (Å²) in [4.78, 5) is 19.1. The Kier molecular flexibility index (Phi) is 4.63. The molecule has 2 heterocycles. The lowest BCUT2D eigenvalue weighted by Crippen LogP contribution is -2.08. The van der Waals surface area contributed by atoms with Crippen LogP contribution in [0.15, 0.2) is 73.6 Å². The first kappa shape index (κ1) is 18.1. The van der Waals surface area contributed by atoms with Gasteiger partial charge in [0.1, 0.15) is 11.5 Å². The van der Waals surface area contributed by atoms with E-state index in [1.165, 1.54) is 6.07 Å². The number of aromatic nitrogens is 2. The molecular formula is C23H15FN4O. The lowest BCUT2D eigenvalue weighted by atomic mass is 10.0. The van der Waals surface area contributed by atoms with Gasteiger partial charge in [0.05, 0.1) is 17.3 Å². The van der Waals surface area contributed by atoms with Crippen molar-refractivity contribution < 1.29 is 9.18 Å². The third kappa shape index (κ3) is 3.49. The zero-order valence-corrected chi connectivity index (χ0v) is 15.2. The van der Waals surface area contributed by atoms with Crippen LogP contribution in [-0.4, -0.2) is 15.9 Å². The molecule has 6 heteroatoms. The summed E-state index contributed by atoms with van der Waals surface area (Å²) in [5.41, 5.74) is 4.63. The fourth-order valence-corrected chi connectivity index (χ4v) is 3.14. The van der Waals surface area contributed by atoms with E-state index in [9.17, 15) is 9.18 Å². The van der Waals surface area contributed by atoms with Gasteiger partial charge in [-0.15, -0.1) is 0 Å². The van der Waals surface area contributed by atoms with Crippen LogP contribution in [0.2, 0.25) is 0 Å². The molecule has 0 spiro atoms. The van der Waals surface area contributed by atoms with E-state index in [-0.39, 0.29) is 5.69 Å². The molecule has 0 bridgehead atoms. The van der Waals surface area contributed by atoms with Crippen molar-refractivity contribution in [1.29, 1.82) is 5.26 Å².